The van der Waals surface area contributed by atoms with Crippen LogP contribution in [0.25, 0.3) is 11.3 Å². The van der Waals surface area contributed by atoms with Crippen LogP contribution < -0.4 is 15.2 Å². The van der Waals surface area contributed by atoms with Crippen molar-refractivity contribution in [1.29, 1.82) is 0 Å². The van der Waals surface area contributed by atoms with Crippen LogP contribution in [0.1, 0.15) is 27.0 Å². The minimum Gasteiger partial charge on any atom is -0.438 e. The van der Waals surface area contributed by atoms with Gasteiger partial charge in [0.1, 0.15) is 22.9 Å². The van der Waals surface area contributed by atoms with Gasteiger partial charge < -0.3 is 10.5 Å². The van der Waals surface area contributed by atoms with Gasteiger partial charge in [-0.1, -0.05) is 23.8 Å². The van der Waals surface area contributed by atoms with E-state index in [0.29, 0.717) is 17.0 Å². The molecule has 2 heterocycles. The van der Waals surface area contributed by atoms with E-state index in [4.69, 9.17) is 10.5 Å². The molecular formula is C26H23FN4O4S. The summed E-state index contributed by atoms with van der Waals surface area (Å²) >= 11 is 0. The number of hydrogen-bond donors (Lipinski definition) is 2. The molecule has 8 nitrogen and oxygen atoms in total. The van der Waals surface area contributed by atoms with Crippen molar-refractivity contribution in [3.05, 3.63) is 94.8 Å². The summed E-state index contributed by atoms with van der Waals surface area (Å²) < 4.78 is 47.0. The predicted octanol–water partition coefficient (Wildman–Crippen LogP) is 4.70. The largest absolute Gasteiger partial charge is 0.438 e. The maximum Gasteiger partial charge on any atom is 0.281 e. The highest BCUT2D eigenvalue weighted by atomic mass is 32.2. The molecule has 36 heavy (non-hydrogen) atoms. The second-order valence-electron chi connectivity index (χ2n) is 8.22. The van der Waals surface area contributed by atoms with E-state index in [1.807, 2.05) is 37.6 Å². The molecule has 4 rings (SSSR count). The molecule has 0 radical (unpaired) electrons. The molecule has 1 amide bonds. The second-order valence-corrected chi connectivity index (χ2v) is 9.85. The van der Waals surface area contributed by atoms with Crippen LogP contribution in [0.5, 0.6) is 11.6 Å². The van der Waals surface area contributed by atoms with Crippen LogP contribution in [0.4, 0.5) is 10.2 Å². The summed E-state index contributed by atoms with van der Waals surface area (Å²) in [4.78, 5) is 21.4. The molecule has 0 atom stereocenters. The topological polar surface area (TPSA) is 124 Å². The first kappa shape index (κ1) is 24.8. The fourth-order valence-corrected chi connectivity index (χ4v) is 4.65. The highest BCUT2D eigenvalue weighted by Crippen LogP contribution is 2.32. The van der Waals surface area contributed by atoms with Gasteiger partial charge in [-0.15, -0.1) is 0 Å². The molecule has 0 unspecified atom stereocenters. The Labute approximate surface area is 208 Å². The lowest BCUT2D eigenvalue weighted by Crippen LogP contribution is -2.31. The summed E-state index contributed by atoms with van der Waals surface area (Å²) in [5, 5.41) is -0.403. The highest BCUT2D eigenvalue weighted by Gasteiger charge is 2.24. The first-order valence-electron chi connectivity index (χ1n) is 10.9. The van der Waals surface area contributed by atoms with Gasteiger partial charge in [0.25, 0.3) is 15.9 Å². The van der Waals surface area contributed by atoms with E-state index in [1.165, 1.54) is 42.5 Å². The lowest BCUT2D eigenvalue weighted by Gasteiger charge is -2.16. The number of nitrogens with zero attached hydrogens (tertiary/aromatic N) is 2. The van der Waals surface area contributed by atoms with Crippen molar-refractivity contribution in [2.75, 3.05) is 5.73 Å². The average Bonchev–Trinajstić information content (AvgIpc) is 2.81. The van der Waals surface area contributed by atoms with Crippen LogP contribution in [0.2, 0.25) is 0 Å². The predicted molar refractivity (Wildman–Crippen MR) is 134 cm³/mol. The molecule has 2 aromatic heterocycles. The Kier molecular flexibility index (Phi) is 6.71. The highest BCUT2D eigenvalue weighted by molar-refractivity contribution is 7.90. The summed E-state index contributed by atoms with van der Waals surface area (Å²) in [5.41, 5.74) is 9.11. The van der Waals surface area contributed by atoms with Gasteiger partial charge in [0.2, 0.25) is 5.88 Å². The second kappa shape index (κ2) is 9.74. The number of carbonyl (C=O) groups is 1. The third-order valence-electron chi connectivity index (χ3n) is 5.30. The van der Waals surface area contributed by atoms with Crippen molar-refractivity contribution >= 4 is 21.7 Å². The molecule has 0 bridgehead atoms. The van der Waals surface area contributed by atoms with Gasteiger partial charge in [0.15, 0.2) is 5.03 Å². The van der Waals surface area contributed by atoms with Crippen molar-refractivity contribution in [3.8, 4) is 22.9 Å². The maximum absolute atomic E-state index is 13.4. The molecule has 0 aliphatic heterocycles. The van der Waals surface area contributed by atoms with E-state index in [-0.39, 0.29) is 17.3 Å². The first-order valence-corrected chi connectivity index (χ1v) is 12.3. The smallest absolute Gasteiger partial charge is 0.281 e. The van der Waals surface area contributed by atoms with E-state index < -0.39 is 26.8 Å². The van der Waals surface area contributed by atoms with Gasteiger partial charge in [-0.25, -0.2) is 19.1 Å². The lowest BCUT2D eigenvalue weighted by molar-refractivity contribution is 0.0978. The number of aromatic nitrogens is 2. The third kappa shape index (κ3) is 5.33. The molecule has 3 N–H and O–H groups in total. The number of benzene rings is 2. The van der Waals surface area contributed by atoms with Crippen molar-refractivity contribution < 1.29 is 22.3 Å². The van der Waals surface area contributed by atoms with Crippen LogP contribution in [0.15, 0.2) is 71.8 Å². The third-order valence-corrected chi connectivity index (χ3v) is 6.53. The number of ether oxygens (including phenoxy) is 1. The fourth-order valence-electron chi connectivity index (χ4n) is 3.71. The van der Waals surface area contributed by atoms with Gasteiger partial charge in [-0.3, -0.25) is 4.79 Å². The normalized spacial score (nSPS) is 11.2. The molecule has 0 saturated heterocycles. The number of nitrogens with two attached hydrogens (primary N) is 1. The Bertz CT molecular complexity index is 1550. The summed E-state index contributed by atoms with van der Waals surface area (Å²) in [6, 6.07) is 16.5. The van der Waals surface area contributed by atoms with Crippen LogP contribution in [0, 0.1) is 26.6 Å². The number of carbonyl (C=O) groups excluding carboxylic acids is 1. The summed E-state index contributed by atoms with van der Waals surface area (Å²) in [5.74, 6) is -1.00. The lowest BCUT2D eigenvalue weighted by atomic mass is 10.1. The number of rotatable bonds is 6. The van der Waals surface area contributed by atoms with E-state index in [2.05, 4.69) is 9.97 Å². The average molecular weight is 507 g/mol. The van der Waals surface area contributed by atoms with Crippen LogP contribution >= 0.6 is 0 Å². The van der Waals surface area contributed by atoms with Gasteiger partial charge >= 0.3 is 0 Å². The molecule has 0 spiro atoms. The molecule has 0 saturated carbocycles. The van der Waals surface area contributed by atoms with Crippen LogP contribution in [0.3, 0.4) is 0 Å². The number of anilines is 1. The summed E-state index contributed by atoms with van der Waals surface area (Å²) in [7, 11) is -4.32. The van der Waals surface area contributed by atoms with E-state index in [0.717, 1.165) is 16.7 Å². The molecule has 0 aliphatic rings. The van der Waals surface area contributed by atoms with Crippen LogP contribution in [-0.2, 0) is 10.0 Å². The molecule has 0 aliphatic carbocycles. The van der Waals surface area contributed by atoms with Gasteiger partial charge in [-0.05, 0) is 80.4 Å². The van der Waals surface area contributed by atoms with E-state index in [1.54, 1.807) is 12.1 Å². The standard InChI is InChI=1S/C26H23FN4O4S/c1-15-13-16(2)24(17(3)14-15)35-26-20(11-12-21(29-26)18-7-9-19(27)10-8-18)25(32)31-36(33,34)23-6-4-5-22(28)30-23/h4-14H,1-3H3,(H2,28,30)(H,31,32). The van der Waals surface area contributed by atoms with E-state index >= 15 is 0 Å². The van der Waals surface area contributed by atoms with Gasteiger partial charge in [0, 0.05) is 5.56 Å². The minimum absolute atomic E-state index is 0.00927. The summed E-state index contributed by atoms with van der Waals surface area (Å²) in [6.07, 6.45) is 0. The minimum atomic E-state index is -4.32. The number of aryl methyl sites for hydroxylation is 3. The van der Waals surface area contributed by atoms with Crippen molar-refractivity contribution in [1.82, 2.24) is 14.7 Å². The number of hydrogen-bond acceptors (Lipinski definition) is 7. The number of halogens is 1. The van der Waals surface area contributed by atoms with Gasteiger partial charge in [-0.2, -0.15) is 8.42 Å². The Morgan fingerprint density at radius 2 is 1.61 bits per heavy atom. The van der Waals surface area contributed by atoms with Gasteiger partial charge in [0.05, 0.1) is 5.69 Å². The van der Waals surface area contributed by atoms with Crippen molar-refractivity contribution in [2.45, 2.75) is 25.8 Å². The number of nitrogen functional groups attached to an aromatic ring is 1. The zero-order valence-corrected chi connectivity index (χ0v) is 20.6. The fraction of sp³-hybridized carbons (Fsp3) is 0.115. The number of nitrogens with one attached hydrogen (secondary N) is 1. The Hall–Kier alpha value is -4.31. The Morgan fingerprint density at radius 1 is 0.944 bits per heavy atom. The Morgan fingerprint density at radius 3 is 2.25 bits per heavy atom. The number of amides is 1. The molecular weight excluding hydrogens is 483 g/mol. The zero-order valence-electron chi connectivity index (χ0n) is 19.7. The first-order chi connectivity index (χ1) is 17.0. The molecule has 0 fully saturated rings. The number of sulfonamides is 1. The molecule has 4 aromatic rings. The summed E-state index contributed by atoms with van der Waals surface area (Å²) in [6.45, 7) is 5.66. The van der Waals surface area contributed by atoms with Crippen molar-refractivity contribution in [2.24, 2.45) is 0 Å². The monoisotopic (exact) mass is 506 g/mol. The molecule has 2 aromatic carbocycles. The molecule has 184 valence electrons. The quantitative estimate of drug-likeness (QED) is 0.388. The van der Waals surface area contributed by atoms with E-state index in [9.17, 15) is 17.6 Å². The van der Waals surface area contributed by atoms with Crippen LogP contribution in [-0.4, -0.2) is 24.3 Å². The number of pyridine rings is 2. The van der Waals surface area contributed by atoms with Crippen molar-refractivity contribution in [3.63, 3.8) is 0 Å². The molecule has 10 heteroatoms. The SMILES string of the molecule is Cc1cc(C)c(Oc2nc(-c3ccc(F)cc3)ccc2C(=O)NS(=O)(=O)c2cccc(N)n2)c(C)c1. The maximum atomic E-state index is 13.4. The zero-order chi connectivity index (χ0) is 26.0. The Balaban J connectivity index is 1.77.